The molecule has 1 fully saturated rings. The van der Waals surface area contributed by atoms with Crippen LogP contribution in [0, 0.1) is 0 Å². The van der Waals surface area contributed by atoms with Crippen LogP contribution in [-0.2, 0) is 11.2 Å². The van der Waals surface area contributed by atoms with Crippen LogP contribution >= 0.6 is 15.9 Å². The second kappa shape index (κ2) is 7.26. The van der Waals surface area contributed by atoms with Gasteiger partial charge in [-0.15, -0.1) is 0 Å². The molecule has 0 saturated heterocycles. The van der Waals surface area contributed by atoms with Crippen LogP contribution in [-0.4, -0.2) is 30.5 Å². The average Bonchev–Trinajstić information content (AvgIpc) is 3.19. The maximum absolute atomic E-state index is 12.3. The minimum atomic E-state index is -1.71. The number of rotatable bonds is 4. The van der Waals surface area contributed by atoms with Gasteiger partial charge in [-0.3, -0.25) is 0 Å². The summed E-state index contributed by atoms with van der Waals surface area (Å²) >= 11 is 3.49. The summed E-state index contributed by atoms with van der Waals surface area (Å²) in [7, 11) is 3.10. The Morgan fingerprint density at radius 3 is 2.35 bits per heavy atom. The summed E-state index contributed by atoms with van der Waals surface area (Å²) in [5.74, 6) is 1.12. The zero-order valence-corrected chi connectivity index (χ0v) is 18.8. The summed E-state index contributed by atoms with van der Waals surface area (Å²) in [6.07, 6.45) is -0.726. The number of benzene rings is 3. The van der Waals surface area contributed by atoms with Crippen molar-refractivity contribution in [3.05, 3.63) is 87.9 Å². The second-order valence-electron chi connectivity index (χ2n) is 8.03. The third kappa shape index (κ3) is 2.68. The molecule has 160 valence electrons. The predicted octanol–water partition coefficient (Wildman–Crippen LogP) is 4.49. The highest BCUT2D eigenvalue weighted by atomic mass is 79.9. The second-order valence-corrected chi connectivity index (χ2v) is 8.94. The van der Waals surface area contributed by atoms with E-state index in [9.17, 15) is 10.2 Å². The van der Waals surface area contributed by atoms with Crippen LogP contribution in [0.3, 0.4) is 0 Å². The zero-order chi connectivity index (χ0) is 21.8. The van der Waals surface area contributed by atoms with E-state index >= 15 is 0 Å². The van der Waals surface area contributed by atoms with E-state index in [0.717, 1.165) is 15.6 Å². The number of hydrogen-bond donors (Lipinski definition) is 2. The van der Waals surface area contributed by atoms with Gasteiger partial charge in [-0.25, -0.2) is 0 Å². The SMILES string of the molecule is COc1cc(OC)c2c(c1)OC1(c3ccc(Br)cc3)C(c3ccccc3)CC(O)C21O. The van der Waals surface area contributed by atoms with Gasteiger partial charge in [0, 0.05) is 22.5 Å². The van der Waals surface area contributed by atoms with E-state index in [1.807, 2.05) is 54.6 Å². The molecule has 0 bridgehead atoms. The number of fused-ring (bicyclic) bond motifs is 3. The lowest BCUT2D eigenvalue weighted by molar-refractivity contribution is -0.149. The number of ether oxygens (including phenoxy) is 3. The van der Waals surface area contributed by atoms with Gasteiger partial charge in [0.05, 0.1) is 25.9 Å². The van der Waals surface area contributed by atoms with Gasteiger partial charge < -0.3 is 24.4 Å². The van der Waals surface area contributed by atoms with Gasteiger partial charge in [0.2, 0.25) is 0 Å². The van der Waals surface area contributed by atoms with Gasteiger partial charge in [0.15, 0.2) is 11.2 Å². The Labute approximate surface area is 189 Å². The van der Waals surface area contributed by atoms with Crippen molar-refractivity contribution in [3.8, 4) is 17.2 Å². The number of halogens is 1. The van der Waals surface area contributed by atoms with E-state index in [4.69, 9.17) is 14.2 Å². The predicted molar refractivity (Wildman–Crippen MR) is 120 cm³/mol. The van der Waals surface area contributed by atoms with Crippen LogP contribution in [0.2, 0.25) is 0 Å². The molecule has 1 saturated carbocycles. The molecule has 0 amide bonds. The van der Waals surface area contributed by atoms with E-state index in [0.29, 0.717) is 29.2 Å². The van der Waals surface area contributed by atoms with Crippen LogP contribution in [0.15, 0.2) is 71.2 Å². The Morgan fingerprint density at radius 1 is 1.00 bits per heavy atom. The van der Waals surface area contributed by atoms with Gasteiger partial charge in [0.1, 0.15) is 17.2 Å². The summed E-state index contributed by atoms with van der Waals surface area (Å²) < 4.78 is 18.6. The lowest BCUT2D eigenvalue weighted by Gasteiger charge is -2.40. The molecule has 1 heterocycles. The molecule has 3 aromatic carbocycles. The number of hydrogen-bond acceptors (Lipinski definition) is 5. The van der Waals surface area contributed by atoms with Crippen molar-refractivity contribution in [1.82, 2.24) is 0 Å². The monoisotopic (exact) mass is 482 g/mol. The first-order valence-corrected chi connectivity index (χ1v) is 10.9. The summed E-state index contributed by atoms with van der Waals surface area (Å²) in [4.78, 5) is 0. The van der Waals surface area contributed by atoms with Crippen molar-refractivity contribution in [2.75, 3.05) is 14.2 Å². The van der Waals surface area contributed by atoms with Crippen molar-refractivity contribution < 1.29 is 24.4 Å². The lowest BCUT2D eigenvalue weighted by atomic mass is 9.71. The Hall–Kier alpha value is -2.54. The van der Waals surface area contributed by atoms with Crippen LogP contribution in [0.1, 0.15) is 29.0 Å². The molecule has 4 unspecified atom stereocenters. The lowest BCUT2D eigenvalue weighted by Crippen LogP contribution is -2.52. The molecule has 3 aromatic rings. The smallest absolute Gasteiger partial charge is 0.176 e. The molecule has 2 N–H and O–H groups in total. The highest BCUT2D eigenvalue weighted by molar-refractivity contribution is 9.10. The van der Waals surface area contributed by atoms with Crippen molar-refractivity contribution in [1.29, 1.82) is 0 Å². The minimum Gasteiger partial charge on any atom is -0.496 e. The Bertz CT molecular complexity index is 1120. The fourth-order valence-electron chi connectivity index (χ4n) is 5.28. The first-order valence-electron chi connectivity index (χ1n) is 10.1. The van der Waals surface area contributed by atoms with Gasteiger partial charge in [-0.2, -0.15) is 0 Å². The molecule has 4 atom stereocenters. The molecular weight excluding hydrogens is 460 g/mol. The van der Waals surface area contributed by atoms with E-state index in [2.05, 4.69) is 15.9 Å². The molecule has 6 heteroatoms. The fourth-order valence-corrected chi connectivity index (χ4v) is 5.55. The zero-order valence-electron chi connectivity index (χ0n) is 17.2. The molecule has 1 aliphatic carbocycles. The number of methoxy groups -OCH3 is 2. The highest BCUT2D eigenvalue weighted by Gasteiger charge is 2.73. The summed E-state index contributed by atoms with van der Waals surface area (Å²) in [6.45, 7) is 0. The Kier molecular flexibility index (Phi) is 4.77. The third-order valence-electron chi connectivity index (χ3n) is 6.62. The van der Waals surface area contributed by atoms with Crippen LogP contribution in [0.4, 0.5) is 0 Å². The van der Waals surface area contributed by atoms with Gasteiger partial charge in [-0.05, 0) is 29.7 Å². The van der Waals surface area contributed by atoms with Crippen molar-refractivity contribution in [2.45, 2.75) is 29.6 Å². The van der Waals surface area contributed by atoms with Gasteiger partial charge >= 0.3 is 0 Å². The van der Waals surface area contributed by atoms with Gasteiger partial charge in [0.25, 0.3) is 0 Å². The minimum absolute atomic E-state index is 0.294. The van der Waals surface area contributed by atoms with Crippen molar-refractivity contribution in [2.24, 2.45) is 0 Å². The molecule has 0 aromatic heterocycles. The van der Waals surface area contributed by atoms with E-state index in [1.54, 1.807) is 19.2 Å². The molecule has 31 heavy (non-hydrogen) atoms. The quantitative estimate of drug-likeness (QED) is 0.573. The standard InChI is InChI=1S/C25H23BrO5/c1-29-18-12-20(30-2)23-21(13-18)31-25(16-8-10-17(26)11-9-16)19(14-22(27)24(23,25)28)15-6-4-3-5-7-15/h3-13,19,22,27-28H,14H2,1-2H3. The maximum Gasteiger partial charge on any atom is 0.176 e. The molecule has 2 aliphatic rings. The average molecular weight is 483 g/mol. The summed E-state index contributed by atoms with van der Waals surface area (Å²) in [5.41, 5.74) is -0.741. The topological polar surface area (TPSA) is 68.2 Å². The largest absolute Gasteiger partial charge is 0.496 e. The van der Waals surface area contributed by atoms with Crippen molar-refractivity contribution >= 4 is 15.9 Å². The molecule has 0 spiro atoms. The molecular formula is C25H23BrO5. The van der Waals surface area contributed by atoms with E-state index in [1.165, 1.54) is 7.11 Å². The maximum atomic E-state index is 12.3. The summed E-state index contributed by atoms with van der Waals surface area (Å²) in [5, 5.41) is 23.7. The third-order valence-corrected chi connectivity index (χ3v) is 7.15. The first kappa shape index (κ1) is 20.4. The fraction of sp³-hybridized carbons (Fsp3) is 0.280. The van der Waals surface area contributed by atoms with Crippen molar-refractivity contribution in [3.63, 3.8) is 0 Å². The van der Waals surface area contributed by atoms with Gasteiger partial charge in [-0.1, -0.05) is 58.4 Å². The molecule has 5 nitrogen and oxygen atoms in total. The molecule has 0 radical (unpaired) electrons. The van der Waals surface area contributed by atoms with E-state index < -0.39 is 17.3 Å². The Morgan fingerprint density at radius 2 is 1.71 bits per heavy atom. The van der Waals surface area contributed by atoms with E-state index in [-0.39, 0.29) is 5.92 Å². The summed E-state index contributed by atoms with van der Waals surface area (Å²) in [6, 6.07) is 21.0. The van der Waals surface area contributed by atoms with Crippen LogP contribution < -0.4 is 14.2 Å². The van der Waals surface area contributed by atoms with Crippen LogP contribution in [0.5, 0.6) is 17.2 Å². The number of aliphatic hydroxyl groups is 2. The molecule has 5 rings (SSSR count). The Balaban J connectivity index is 1.82. The number of aliphatic hydroxyl groups excluding tert-OH is 1. The molecule has 1 aliphatic heterocycles. The normalized spacial score (nSPS) is 28.5. The first-order chi connectivity index (χ1) is 15.0. The van der Waals surface area contributed by atoms with Crippen LogP contribution in [0.25, 0.3) is 0 Å². The highest BCUT2D eigenvalue weighted by Crippen LogP contribution is 2.68.